The quantitative estimate of drug-likeness (QED) is 0.312. The van der Waals surface area contributed by atoms with Crippen LogP contribution in [0.2, 0.25) is 5.02 Å². The van der Waals surface area contributed by atoms with Crippen LogP contribution in [-0.2, 0) is 0 Å². The van der Waals surface area contributed by atoms with Crippen LogP contribution in [0.1, 0.15) is 38.1 Å². The molecule has 0 radical (unpaired) electrons. The van der Waals surface area contributed by atoms with E-state index in [1.807, 2.05) is 13.8 Å². The smallest absolute Gasteiger partial charge is 0.260 e. The topological polar surface area (TPSA) is 64.1 Å². The molecule has 1 aromatic heterocycles. The number of carbonyl (C=O) groups is 1. The van der Waals surface area contributed by atoms with E-state index in [4.69, 9.17) is 30.8 Å². The summed E-state index contributed by atoms with van der Waals surface area (Å²) in [4.78, 5) is 22.5. The summed E-state index contributed by atoms with van der Waals surface area (Å²) >= 11 is 7.83. The van der Waals surface area contributed by atoms with Crippen molar-refractivity contribution in [3.05, 3.63) is 40.9 Å². The molecular weight excluding hydrogens is 474 g/mol. The van der Waals surface area contributed by atoms with Gasteiger partial charge in [0.1, 0.15) is 11.3 Å². The molecular formula is C25H32ClN3O4S. The highest BCUT2D eigenvalue weighted by Gasteiger charge is 2.24. The maximum Gasteiger partial charge on any atom is 0.260 e. The Morgan fingerprint density at radius 3 is 2.29 bits per heavy atom. The summed E-state index contributed by atoms with van der Waals surface area (Å²) in [5.41, 5.74) is 1.15. The molecule has 0 saturated heterocycles. The van der Waals surface area contributed by atoms with Gasteiger partial charge in [0.05, 0.1) is 30.0 Å². The van der Waals surface area contributed by atoms with Crippen LogP contribution in [0, 0.1) is 0 Å². The molecule has 0 aliphatic carbocycles. The second kappa shape index (κ2) is 12.2. The number of amides is 1. The lowest BCUT2D eigenvalue weighted by molar-refractivity contribution is 0.0983. The molecule has 7 nitrogen and oxygen atoms in total. The fourth-order valence-electron chi connectivity index (χ4n) is 3.63. The van der Waals surface area contributed by atoms with Gasteiger partial charge in [-0.25, -0.2) is 4.98 Å². The minimum Gasteiger partial charge on any atom is -0.494 e. The molecule has 1 heterocycles. The Balaban J connectivity index is 2.04. The van der Waals surface area contributed by atoms with Crippen molar-refractivity contribution in [3.8, 4) is 17.2 Å². The zero-order valence-corrected chi connectivity index (χ0v) is 22.0. The van der Waals surface area contributed by atoms with Crippen LogP contribution in [0.5, 0.6) is 17.2 Å². The van der Waals surface area contributed by atoms with Crippen LogP contribution < -0.4 is 19.1 Å². The minimum absolute atomic E-state index is 0.162. The highest BCUT2D eigenvalue weighted by atomic mass is 35.5. The molecule has 0 unspecified atom stereocenters. The predicted molar refractivity (Wildman–Crippen MR) is 139 cm³/mol. The van der Waals surface area contributed by atoms with Crippen molar-refractivity contribution in [1.29, 1.82) is 0 Å². The molecule has 0 atom stereocenters. The number of carbonyl (C=O) groups excluding carboxylic acids is 1. The van der Waals surface area contributed by atoms with Crippen molar-refractivity contribution in [2.24, 2.45) is 0 Å². The lowest BCUT2D eigenvalue weighted by Crippen LogP contribution is -2.38. The number of methoxy groups -OCH3 is 1. The number of thiazole rings is 1. The van der Waals surface area contributed by atoms with E-state index in [0.717, 1.165) is 24.3 Å². The van der Waals surface area contributed by atoms with E-state index in [1.54, 1.807) is 42.3 Å². The van der Waals surface area contributed by atoms with Crippen molar-refractivity contribution in [2.75, 3.05) is 51.4 Å². The molecule has 0 N–H and O–H groups in total. The molecule has 34 heavy (non-hydrogen) atoms. The number of nitrogens with zero attached hydrogens (tertiary/aromatic N) is 3. The zero-order chi connectivity index (χ0) is 24.7. The number of anilines is 1. The normalized spacial score (nSPS) is 11.1. The second-order valence-electron chi connectivity index (χ2n) is 7.44. The molecule has 3 aromatic rings. The van der Waals surface area contributed by atoms with Gasteiger partial charge in [0, 0.05) is 18.7 Å². The van der Waals surface area contributed by atoms with E-state index in [-0.39, 0.29) is 5.91 Å². The first kappa shape index (κ1) is 26.1. The first-order valence-corrected chi connectivity index (χ1v) is 12.7. The summed E-state index contributed by atoms with van der Waals surface area (Å²) in [5.74, 6) is 1.63. The minimum atomic E-state index is -0.162. The number of aromatic nitrogens is 1. The standard InChI is InChI=1S/C25H32ClN3O4S/c1-6-28(7-2)14-15-29(25-27-22-20(31-5)13-11-18(26)23(22)34-25)24(30)17-10-12-19(32-8-3)21(16-17)33-9-4/h10-13,16H,6-9,14-15H2,1-5H3. The van der Waals surface area contributed by atoms with Gasteiger partial charge in [-0.05, 0) is 57.3 Å². The van der Waals surface area contributed by atoms with Crippen LogP contribution in [0.4, 0.5) is 5.13 Å². The highest BCUT2D eigenvalue weighted by molar-refractivity contribution is 7.23. The average Bonchev–Trinajstić information content (AvgIpc) is 3.29. The van der Waals surface area contributed by atoms with Gasteiger partial charge in [-0.2, -0.15) is 0 Å². The van der Waals surface area contributed by atoms with Crippen LogP contribution in [-0.4, -0.2) is 62.3 Å². The van der Waals surface area contributed by atoms with E-state index >= 15 is 0 Å². The first-order chi connectivity index (χ1) is 16.5. The number of rotatable bonds is 12. The van der Waals surface area contributed by atoms with Gasteiger partial charge in [0.25, 0.3) is 5.91 Å². The summed E-state index contributed by atoms with van der Waals surface area (Å²) in [6.07, 6.45) is 0. The summed E-state index contributed by atoms with van der Waals surface area (Å²) in [7, 11) is 1.60. The van der Waals surface area contributed by atoms with Crippen LogP contribution in [0.25, 0.3) is 10.2 Å². The summed E-state index contributed by atoms with van der Waals surface area (Å²) < 4.78 is 17.7. The number of fused-ring (bicyclic) bond motifs is 1. The molecule has 0 fully saturated rings. The molecule has 3 rings (SSSR count). The molecule has 0 saturated carbocycles. The van der Waals surface area contributed by atoms with Gasteiger partial charge >= 0.3 is 0 Å². The van der Waals surface area contributed by atoms with Crippen molar-refractivity contribution in [3.63, 3.8) is 0 Å². The van der Waals surface area contributed by atoms with Crippen molar-refractivity contribution >= 4 is 44.2 Å². The monoisotopic (exact) mass is 505 g/mol. The van der Waals surface area contributed by atoms with Crippen LogP contribution in [0.15, 0.2) is 30.3 Å². The second-order valence-corrected chi connectivity index (χ2v) is 8.82. The van der Waals surface area contributed by atoms with Gasteiger partial charge in [-0.1, -0.05) is 36.8 Å². The zero-order valence-electron chi connectivity index (χ0n) is 20.4. The largest absolute Gasteiger partial charge is 0.494 e. The molecule has 0 bridgehead atoms. The Labute approximate surface area is 210 Å². The van der Waals surface area contributed by atoms with E-state index in [9.17, 15) is 4.79 Å². The van der Waals surface area contributed by atoms with Crippen LogP contribution >= 0.6 is 22.9 Å². The third kappa shape index (κ3) is 5.74. The third-order valence-corrected chi connectivity index (χ3v) is 7.01. The molecule has 184 valence electrons. The number of benzene rings is 2. The molecule has 0 aliphatic rings. The number of likely N-dealkylation sites (N-methyl/N-ethyl adjacent to an activating group) is 1. The number of hydrogen-bond acceptors (Lipinski definition) is 7. The van der Waals surface area contributed by atoms with E-state index in [0.29, 0.717) is 58.2 Å². The van der Waals surface area contributed by atoms with Crippen molar-refractivity contribution in [2.45, 2.75) is 27.7 Å². The third-order valence-electron chi connectivity index (χ3n) is 5.47. The Bertz CT molecular complexity index is 1120. The number of hydrogen-bond donors (Lipinski definition) is 0. The Hall–Kier alpha value is -2.55. The van der Waals surface area contributed by atoms with Gasteiger partial charge in [0.15, 0.2) is 16.6 Å². The summed E-state index contributed by atoms with van der Waals surface area (Å²) in [6, 6.07) is 8.86. The molecule has 0 aliphatic heterocycles. The summed E-state index contributed by atoms with van der Waals surface area (Å²) in [6.45, 7) is 12.0. The number of ether oxygens (including phenoxy) is 3. The fourth-order valence-corrected chi connectivity index (χ4v) is 4.91. The predicted octanol–water partition coefficient (Wildman–Crippen LogP) is 5.74. The van der Waals surface area contributed by atoms with E-state index < -0.39 is 0 Å². The molecule has 2 aromatic carbocycles. The molecule has 9 heteroatoms. The molecule has 1 amide bonds. The Kier molecular flexibility index (Phi) is 9.38. The Morgan fingerprint density at radius 2 is 1.65 bits per heavy atom. The lowest BCUT2D eigenvalue weighted by Gasteiger charge is -2.25. The van der Waals surface area contributed by atoms with Gasteiger partial charge < -0.3 is 19.1 Å². The number of halogens is 1. The SMILES string of the molecule is CCOc1ccc(C(=O)N(CCN(CC)CC)c2nc3c(OC)ccc(Cl)c3s2)cc1OCC. The van der Waals surface area contributed by atoms with Gasteiger partial charge in [-0.15, -0.1) is 0 Å². The fraction of sp³-hybridized carbons (Fsp3) is 0.440. The maximum absolute atomic E-state index is 13.8. The van der Waals surface area contributed by atoms with Crippen molar-refractivity contribution in [1.82, 2.24) is 9.88 Å². The molecule has 0 spiro atoms. The Morgan fingerprint density at radius 1 is 0.971 bits per heavy atom. The first-order valence-electron chi connectivity index (χ1n) is 11.5. The van der Waals surface area contributed by atoms with Crippen molar-refractivity contribution < 1.29 is 19.0 Å². The van der Waals surface area contributed by atoms with Gasteiger partial charge in [-0.3, -0.25) is 9.69 Å². The summed E-state index contributed by atoms with van der Waals surface area (Å²) in [5, 5.41) is 1.15. The van der Waals surface area contributed by atoms with E-state index in [2.05, 4.69) is 18.7 Å². The lowest BCUT2D eigenvalue weighted by atomic mass is 10.1. The van der Waals surface area contributed by atoms with E-state index in [1.165, 1.54) is 11.3 Å². The maximum atomic E-state index is 13.8. The average molecular weight is 506 g/mol. The van der Waals surface area contributed by atoms with Crippen LogP contribution in [0.3, 0.4) is 0 Å². The van der Waals surface area contributed by atoms with Gasteiger partial charge in [0.2, 0.25) is 0 Å². The highest BCUT2D eigenvalue weighted by Crippen LogP contribution is 2.39.